The SMILES string of the molecule is CC1=CC[C@H](C(C)C[Si](c2ccccc2)(c2ccccc2)c2ccccc2)CC1. The van der Waals surface area contributed by atoms with E-state index in [1.807, 2.05) is 0 Å². The van der Waals surface area contributed by atoms with Gasteiger partial charge in [-0.15, -0.1) is 0 Å². The zero-order valence-corrected chi connectivity index (χ0v) is 18.7. The molecule has 0 saturated heterocycles. The van der Waals surface area contributed by atoms with Crippen LogP contribution < -0.4 is 15.6 Å². The first-order chi connectivity index (χ1) is 14.2. The fraction of sp³-hybridized carbons (Fsp3) is 0.286. The highest BCUT2D eigenvalue weighted by Crippen LogP contribution is 2.33. The fourth-order valence-electron chi connectivity index (χ4n) is 5.17. The molecule has 1 aliphatic rings. The van der Waals surface area contributed by atoms with Gasteiger partial charge in [-0.2, -0.15) is 0 Å². The number of rotatable bonds is 6. The second kappa shape index (κ2) is 8.96. The Morgan fingerprint density at radius 1 is 0.759 bits per heavy atom. The lowest BCUT2D eigenvalue weighted by Crippen LogP contribution is -2.67. The van der Waals surface area contributed by atoms with Gasteiger partial charge < -0.3 is 0 Å². The zero-order valence-electron chi connectivity index (χ0n) is 17.7. The summed E-state index contributed by atoms with van der Waals surface area (Å²) in [5.41, 5.74) is 1.58. The van der Waals surface area contributed by atoms with Crippen LogP contribution in [0.5, 0.6) is 0 Å². The van der Waals surface area contributed by atoms with Gasteiger partial charge in [-0.25, -0.2) is 0 Å². The molecule has 148 valence electrons. The smallest absolute Gasteiger partial charge is 0.0853 e. The Morgan fingerprint density at radius 2 is 1.21 bits per heavy atom. The lowest BCUT2D eigenvalue weighted by atomic mass is 9.83. The van der Waals surface area contributed by atoms with E-state index < -0.39 is 8.07 Å². The molecule has 0 aliphatic heterocycles. The van der Waals surface area contributed by atoms with Gasteiger partial charge in [-0.1, -0.05) is 110 Å². The van der Waals surface area contributed by atoms with Gasteiger partial charge >= 0.3 is 0 Å². The van der Waals surface area contributed by atoms with Gasteiger partial charge in [0, 0.05) is 0 Å². The topological polar surface area (TPSA) is 0 Å². The minimum absolute atomic E-state index is 0.701. The van der Waals surface area contributed by atoms with Crippen molar-refractivity contribution < 1.29 is 0 Å². The monoisotopic (exact) mass is 396 g/mol. The van der Waals surface area contributed by atoms with Crippen molar-refractivity contribution in [1.82, 2.24) is 0 Å². The molecule has 0 radical (unpaired) electrons. The molecule has 4 rings (SSSR count). The molecule has 0 heterocycles. The van der Waals surface area contributed by atoms with Crippen LogP contribution in [0.25, 0.3) is 0 Å². The molecule has 0 saturated carbocycles. The predicted molar refractivity (Wildman–Crippen MR) is 129 cm³/mol. The maximum atomic E-state index is 2.51. The predicted octanol–water partition coefficient (Wildman–Crippen LogP) is 5.54. The van der Waals surface area contributed by atoms with E-state index >= 15 is 0 Å². The fourth-order valence-corrected chi connectivity index (χ4v) is 10.5. The number of allylic oxidation sites excluding steroid dienone is 2. The molecular weight excluding hydrogens is 364 g/mol. The largest absolute Gasteiger partial charge is 0.148 e. The molecular formula is C28H32Si. The summed E-state index contributed by atoms with van der Waals surface area (Å²) in [5.74, 6) is 1.49. The van der Waals surface area contributed by atoms with Crippen LogP contribution in [0.2, 0.25) is 6.04 Å². The van der Waals surface area contributed by atoms with Crippen LogP contribution in [0.3, 0.4) is 0 Å². The summed E-state index contributed by atoms with van der Waals surface area (Å²) in [6, 6.07) is 35.3. The highest BCUT2D eigenvalue weighted by molar-refractivity contribution is 7.11. The van der Waals surface area contributed by atoms with Crippen LogP contribution in [-0.4, -0.2) is 8.07 Å². The Balaban J connectivity index is 1.84. The second-order valence-corrected chi connectivity index (χ2v) is 12.7. The lowest BCUT2D eigenvalue weighted by Gasteiger charge is -2.38. The van der Waals surface area contributed by atoms with Crippen molar-refractivity contribution in [1.29, 1.82) is 0 Å². The molecule has 0 fully saturated rings. The summed E-state index contributed by atoms with van der Waals surface area (Å²) in [4.78, 5) is 0. The van der Waals surface area contributed by atoms with Gasteiger partial charge in [0.05, 0.1) is 0 Å². The van der Waals surface area contributed by atoms with Gasteiger partial charge in [-0.3, -0.25) is 0 Å². The van der Waals surface area contributed by atoms with E-state index in [1.54, 1.807) is 5.57 Å². The average molecular weight is 397 g/mol. The van der Waals surface area contributed by atoms with Crippen LogP contribution in [-0.2, 0) is 0 Å². The van der Waals surface area contributed by atoms with Crippen LogP contribution in [0.4, 0.5) is 0 Å². The van der Waals surface area contributed by atoms with E-state index in [0.29, 0.717) is 5.92 Å². The van der Waals surface area contributed by atoms with Gasteiger partial charge in [-0.05, 0) is 59.6 Å². The van der Waals surface area contributed by atoms with E-state index in [2.05, 4.69) is 111 Å². The zero-order chi connectivity index (χ0) is 20.1. The molecule has 0 N–H and O–H groups in total. The van der Waals surface area contributed by atoms with Crippen LogP contribution >= 0.6 is 0 Å². The van der Waals surface area contributed by atoms with Crippen molar-refractivity contribution in [2.24, 2.45) is 11.8 Å². The third kappa shape index (κ3) is 4.16. The Morgan fingerprint density at radius 3 is 1.59 bits per heavy atom. The van der Waals surface area contributed by atoms with E-state index in [-0.39, 0.29) is 0 Å². The highest BCUT2D eigenvalue weighted by Gasteiger charge is 2.41. The Hall–Kier alpha value is -2.38. The molecule has 29 heavy (non-hydrogen) atoms. The van der Waals surface area contributed by atoms with Crippen LogP contribution in [0.15, 0.2) is 103 Å². The van der Waals surface area contributed by atoms with E-state index in [1.165, 1.54) is 40.9 Å². The normalized spacial score (nSPS) is 18.1. The summed E-state index contributed by atoms with van der Waals surface area (Å²) >= 11 is 0. The Bertz CT molecular complexity index is 831. The number of hydrogen-bond acceptors (Lipinski definition) is 0. The molecule has 3 aromatic carbocycles. The molecule has 0 nitrogen and oxygen atoms in total. The van der Waals surface area contributed by atoms with E-state index in [0.717, 1.165) is 5.92 Å². The van der Waals surface area contributed by atoms with Gasteiger partial charge in [0.2, 0.25) is 0 Å². The summed E-state index contributed by atoms with van der Waals surface area (Å²) in [6.07, 6.45) is 6.34. The van der Waals surface area contributed by atoms with Gasteiger partial charge in [0.1, 0.15) is 8.07 Å². The number of hydrogen-bond donors (Lipinski definition) is 0. The maximum absolute atomic E-state index is 2.51. The molecule has 2 atom stereocenters. The van der Waals surface area contributed by atoms with Crippen molar-refractivity contribution in [3.8, 4) is 0 Å². The van der Waals surface area contributed by atoms with Crippen molar-refractivity contribution >= 4 is 23.6 Å². The third-order valence-corrected chi connectivity index (χ3v) is 12.1. The Kier molecular flexibility index (Phi) is 6.15. The minimum atomic E-state index is -2.11. The maximum Gasteiger partial charge on any atom is 0.148 e. The summed E-state index contributed by atoms with van der Waals surface area (Å²) in [7, 11) is -2.11. The van der Waals surface area contributed by atoms with E-state index in [9.17, 15) is 0 Å². The molecule has 0 bridgehead atoms. The second-order valence-electron chi connectivity index (χ2n) is 8.77. The summed E-state index contributed by atoms with van der Waals surface area (Å²) in [5, 5.41) is 4.60. The van der Waals surface area contributed by atoms with Crippen molar-refractivity contribution in [3.05, 3.63) is 103 Å². The summed E-state index contributed by atoms with van der Waals surface area (Å²) in [6.45, 7) is 4.80. The summed E-state index contributed by atoms with van der Waals surface area (Å²) < 4.78 is 0. The van der Waals surface area contributed by atoms with Gasteiger partial charge in [0.15, 0.2) is 0 Å². The molecule has 3 aromatic rings. The third-order valence-electron chi connectivity index (χ3n) is 6.91. The van der Waals surface area contributed by atoms with Crippen LogP contribution in [0, 0.1) is 11.8 Å². The Labute approximate surface area is 177 Å². The van der Waals surface area contributed by atoms with Crippen molar-refractivity contribution in [2.45, 2.75) is 39.2 Å². The molecule has 1 heteroatoms. The van der Waals surface area contributed by atoms with Crippen LogP contribution in [0.1, 0.15) is 33.1 Å². The first-order valence-electron chi connectivity index (χ1n) is 11.0. The minimum Gasteiger partial charge on any atom is -0.0853 e. The van der Waals surface area contributed by atoms with Crippen molar-refractivity contribution in [3.63, 3.8) is 0 Å². The van der Waals surface area contributed by atoms with Gasteiger partial charge in [0.25, 0.3) is 0 Å². The lowest BCUT2D eigenvalue weighted by molar-refractivity contribution is 0.349. The first kappa shape index (κ1) is 19.9. The highest BCUT2D eigenvalue weighted by atomic mass is 28.3. The average Bonchev–Trinajstić information content (AvgIpc) is 2.79. The standard InChI is InChI=1S/C28H32Si/c1-23-18-20-25(21-19-23)24(2)22-29(26-12-6-3-7-13-26,27-14-8-4-9-15-27)28-16-10-5-11-17-28/h3-18,24-25H,19-22H2,1-2H3/t24?,25-/m0/s1. The molecule has 0 amide bonds. The number of benzene rings is 3. The van der Waals surface area contributed by atoms with E-state index in [4.69, 9.17) is 0 Å². The quantitative estimate of drug-likeness (QED) is 0.291. The molecule has 0 spiro atoms. The van der Waals surface area contributed by atoms with Crippen molar-refractivity contribution in [2.75, 3.05) is 0 Å². The first-order valence-corrected chi connectivity index (χ1v) is 13.2. The molecule has 0 aromatic heterocycles. The molecule has 1 unspecified atom stereocenters. The molecule has 1 aliphatic carbocycles.